The quantitative estimate of drug-likeness (QED) is 0.631. The lowest BCUT2D eigenvalue weighted by atomic mass is 10.2. The van der Waals surface area contributed by atoms with Crippen molar-refractivity contribution >= 4 is 56.5 Å². The summed E-state index contributed by atoms with van der Waals surface area (Å²) in [6.45, 7) is 0. The van der Waals surface area contributed by atoms with Crippen LogP contribution >= 0.6 is 39.7 Å². The number of carbonyl (C=O) groups is 1. The lowest BCUT2D eigenvalue weighted by Crippen LogP contribution is -2.34. The fraction of sp³-hybridized carbons (Fsp3) is 0.0667. The molecule has 24 heavy (non-hydrogen) atoms. The molecule has 0 saturated carbocycles. The molecule has 0 spiro atoms. The predicted octanol–water partition coefficient (Wildman–Crippen LogP) is 5.25. The first-order valence-electron chi connectivity index (χ1n) is 6.42. The zero-order chi connectivity index (χ0) is 17.9. The van der Waals surface area contributed by atoms with E-state index in [-0.39, 0.29) is 15.8 Å². The summed E-state index contributed by atoms with van der Waals surface area (Å²) in [5.74, 6) is -0.511. The molecule has 2 N–H and O–H groups in total. The van der Waals surface area contributed by atoms with Crippen LogP contribution in [0.5, 0.6) is 0 Å². The summed E-state index contributed by atoms with van der Waals surface area (Å²) in [4.78, 5) is 12.1. The van der Waals surface area contributed by atoms with E-state index >= 15 is 0 Å². The van der Waals surface area contributed by atoms with Gasteiger partial charge in [0.25, 0.3) is 5.91 Å². The fourth-order valence-corrected chi connectivity index (χ4v) is 2.60. The Bertz CT molecular complexity index is 799. The number of hydrogen-bond acceptors (Lipinski definition) is 2. The summed E-state index contributed by atoms with van der Waals surface area (Å²) >= 11 is 14.0. The standard InChI is InChI=1S/C15H9BrClF3N2OS/c16-10-4-2-1-3-9(10)13(23)22-14(24)21-12-7-8(15(18,19)20)5-6-11(12)17/h1-7H,(H2,21,22,23,24). The zero-order valence-electron chi connectivity index (χ0n) is 11.7. The SMILES string of the molecule is O=C(NC(=S)Nc1cc(C(F)(F)F)ccc1Cl)c1ccccc1Br. The highest BCUT2D eigenvalue weighted by Crippen LogP contribution is 2.33. The lowest BCUT2D eigenvalue weighted by Gasteiger charge is -2.14. The van der Waals surface area contributed by atoms with Crippen molar-refractivity contribution < 1.29 is 18.0 Å². The van der Waals surface area contributed by atoms with E-state index in [1.807, 2.05) is 0 Å². The Hall–Kier alpha value is -1.64. The Morgan fingerprint density at radius 3 is 2.46 bits per heavy atom. The van der Waals surface area contributed by atoms with Crippen molar-refractivity contribution in [1.82, 2.24) is 5.32 Å². The molecule has 0 fully saturated rings. The van der Waals surface area contributed by atoms with Gasteiger partial charge in [-0.1, -0.05) is 23.7 Å². The van der Waals surface area contributed by atoms with Crippen molar-refractivity contribution in [3.05, 3.63) is 63.1 Å². The molecule has 0 aliphatic carbocycles. The first kappa shape index (κ1) is 18.7. The van der Waals surface area contributed by atoms with Crippen molar-refractivity contribution in [2.24, 2.45) is 0 Å². The molecular formula is C15H9BrClF3N2OS. The number of alkyl halides is 3. The summed E-state index contributed by atoms with van der Waals surface area (Å²) in [7, 11) is 0. The monoisotopic (exact) mass is 436 g/mol. The van der Waals surface area contributed by atoms with E-state index < -0.39 is 17.6 Å². The minimum Gasteiger partial charge on any atom is -0.331 e. The molecule has 2 aromatic rings. The highest BCUT2D eigenvalue weighted by molar-refractivity contribution is 9.10. The van der Waals surface area contributed by atoms with E-state index in [4.69, 9.17) is 23.8 Å². The molecule has 1 amide bonds. The van der Waals surface area contributed by atoms with E-state index in [1.165, 1.54) is 0 Å². The van der Waals surface area contributed by atoms with Gasteiger partial charge in [0.1, 0.15) is 0 Å². The van der Waals surface area contributed by atoms with Crippen LogP contribution in [0.4, 0.5) is 18.9 Å². The molecule has 3 nitrogen and oxygen atoms in total. The minimum atomic E-state index is -4.51. The Balaban J connectivity index is 2.13. The molecule has 2 rings (SSSR count). The van der Waals surface area contributed by atoms with Gasteiger partial charge in [0.2, 0.25) is 0 Å². The van der Waals surface area contributed by atoms with Gasteiger partial charge in [0, 0.05) is 4.47 Å². The fourth-order valence-electron chi connectivity index (χ4n) is 1.77. The predicted molar refractivity (Wildman–Crippen MR) is 94.3 cm³/mol. The molecule has 0 atom stereocenters. The van der Waals surface area contributed by atoms with Crippen LogP contribution in [0, 0.1) is 0 Å². The number of rotatable bonds is 2. The summed E-state index contributed by atoms with van der Waals surface area (Å²) in [6, 6.07) is 9.42. The number of anilines is 1. The van der Waals surface area contributed by atoms with Crippen molar-refractivity contribution in [2.75, 3.05) is 5.32 Å². The number of carbonyl (C=O) groups excluding carboxylic acids is 1. The molecule has 2 aromatic carbocycles. The smallest absolute Gasteiger partial charge is 0.331 e. The third-order valence-corrected chi connectivity index (χ3v) is 4.11. The molecule has 0 aliphatic rings. The van der Waals surface area contributed by atoms with Gasteiger partial charge in [-0.2, -0.15) is 13.2 Å². The van der Waals surface area contributed by atoms with Gasteiger partial charge in [0.15, 0.2) is 5.11 Å². The normalized spacial score (nSPS) is 11.0. The molecule has 0 bridgehead atoms. The van der Waals surface area contributed by atoms with Crippen LogP contribution in [0.15, 0.2) is 46.9 Å². The van der Waals surface area contributed by atoms with Gasteiger partial charge in [-0.15, -0.1) is 0 Å². The van der Waals surface area contributed by atoms with Crippen LogP contribution in [-0.2, 0) is 6.18 Å². The van der Waals surface area contributed by atoms with Crippen LogP contribution in [-0.4, -0.2) is 11.0 Å². The minimum absolute atomic E-state index is 0.0421. The maximum atomic E-state index is 12.7. The van der Waals surface area contributed by atoms with E-state index in [1.54, 1.807) is 24.3 Å². The largest absolute Gasteiger partial charge is 0.416 e. The van der Waals surface area contributed by atoms with Crippen LogP contribution in [0.3, 0.4) is 0 Å². The number of halogens is 5. The molecule has 0 radical (unpaired) electrons. The van der Waals surface area contributed by atoms with Gasteiger partial charge in [-0.05, 0) is 58.5 Å². The molecular weight excluding hydrogens is 429 g/mol. The molecule has 0 aromatic heterocycles. The van der Waals surface area contributed by atoms with Crippen LogP contribution in [0.25, 0.3) is 0 Å². The van der Waals surface area contributed by atoms with E-state index in [0.717, 1.165) is 18.2 Å². The van der Waals surface area contributed by atoms with Gasteiger partial charge in [-0.25, -0.2) is 0 Å². The average molecular weight is 438 g/mol. The van der Waals surface area contributed by atoms with Gasteiger partial charge < -0.3 is 5.32 Å². The van der Waals surface area contributed by atoms with Crippen LogP contribution in [0.2, 0.25) is 5.02 Å². The van der Waals surface area contributed by atoms with Crippen molar-refractivity contribution in [3.63, 3.8) is 0 Å². The average Bonchev–Trinajstić information content (AvgIpc) is 2.48. The summed E-state index contributed by atoms with van der Waals surface area (Å²) < 4.78 is 38.8. The molecule has 126 valence electrons. The topological polar surface area (TPSA) is 41.1 Å². The van der Waals surface area contributed by atoms with Crippen LogP contribution < -0.4 is 10.6 Å². The number of amides is 1. The van der Waals surface area contributed by atoms with Gasteiger partial charge >= 0.3 is 6.18 Å². The molecule has 0 saturated heterocycles. The van der Waals surface area contributed by atoms with E-state index in [0.29, 0.717) is 10.0 Å². The number of nitrogens with one attached hydrogen (secondary N) is 2. The second-order valence-electron chi connectivity index (χ2n) is 4.58. The Kier molecular flexibility index (Phi) is 5.84. The summed E-state index contributed by atoms with van der Waals surface area (Å²) in [6.07, 6.45) is -4.51. The third kappa shape index (κ3) is 4.68. The number of benzene rings is 2. The van der Waals surface area contributed by atoms with Crippen molar-refractivity contribution in [1.29, 1.82) is 0 Å². The second-order valence-corrected chi connectivity index (χ2v) is 6.25. The summed E-state index contributed by atoms with van der Waals surface area (Å²) in [5.41, 5.74) is -0.602. The second kappa shape index (κ2) is 7.50. The lowest BCUT2D eigenvalue weighted by molar-refractivity contribution is -0.137. The maximum Gasteiger partial charge on any atom is 0.416 e. The molecule has 0 aliphatic heterocycles. The van der Waals surface area contributed by atoms with Crippen molar-refractivity contribution in [3.8, 4) is 0 Å². The molecule has 0 heterocycles. The van der Waals surface area contributed by atoms with Gasteiger partial charge in [-0.3, -0.25) is 10.1 Å². The van der Waals surface area contributed by atoms with Gasteiger partial charge in [0.05, 0.1) is 21.8 Å². The Labute approximate surface area is 154 Å². The first-order valence-corrected chi connectivity index (χ1v) is 8.00. The number of hydrogen-bond donors (Lipinski definition) is 2. The highest BCUT2D eigenvalue weighted by Gasteiger charge is 2.31. The molecule has 9 heteroatoms. The third-order valence-electron chi connectivity index (χ3n) is 2.89. The highest BCUT2D eigenvalue weighted by atomic mass is 79.9. The van der Waals surface area contributed by atoms with Crippen LogP contribution in [0.1, 0.15) is 15.9 Å². The molecule has 0 unspecified atom stereocenters. The van der Waals surface area contributed by atoms with E-state index in [9.17, 15) is 18.0 Å². The maximum absolute atomic E-state index is 12.7. The number of thiocarbonyl (C=S) groups is 1. The zero-order valence-corrected chi connectivity index (χ0v) is 14.9. The van der Waals surface area contributed by atoms with Crippen molar-refractivity contribution in [2.45, 2.75) is 6.18 Å². The Morgan fingerprint density at radius 1 is 1.17 bits per heavy atom. The first-order chi connectivity index (χ1) is 11.2. The summed E-state index contributed by atoms with van der Waals surface area (Å²) in [5, 5.41) is 4.75. The Morgan fingerprint density at radius 2 is 1.83 bits per heavy atom. The van der Waals surface area contributed by atoms with E-state index in [2.05, 4.69) is 26.6 Å².